The molecule has 0 spiro atoms. The van der Waals surface area contributed by atoms with Crippen molar-refractivity contribution in [1.29, 1.82) is 0 Å². The van der Waals surface area contributed by atoms with Crippen molar-refractivity contribution in [3.8, 4) is 5.69 Å². The van der Waals surface area contributed by atoms with Gasteiger partial charge in [-0.05, 0) is 35.0 Å². The van der Waals surface area contributed by atoms with E-state index in [0.29, 0.717) is 5.69 Å². The van der Waals surface area contributed by atoms with E-state index in [4.69, 9.17) is 5.73 Å². The first kappa shape index (κ1) is 12.7. The second kappa shape index (κ2) is 5.00. The van der Waals surface area contributed by atoms with Crippen molar-refractivity contribution in [1.82, 2.24) is 35.4 Å². The van der Waals surface area contributed by atoms with Gasteiger partial charge in [0.1, 0.15) is 6.33 Å². The van der Waals surface area contributed by atoms with E-state index in [2.05, 4.69) is 36.0 Å². The minimum atomic E-state index is -0.434. The number of hydrogen-bond donors (Lipinski definition) is 3. The first-order valence-corrected chi connectivity index (χ1v) is 5.97. The quantitative estimate of drug-likeness (QED) is 0.611. The molecule has 1 aromatic carbocycles. The fraction of sp³-hybridized carbons (Fsp3) is 0.0909. The van der Waals surface area contributed by atoms with Crippen LogP contribution in [0.2, 0.25) is 0 Å². The van der Waals surface area contributed by atoms with Gasteiger partial charge in [-0.25, -0.2) is 4.68 Å². The summed E-state index contributed by atoms with van der Waals surface area (Å²) in [4.78, 5) is 15.8. The van der Waals surface area contributed by atoms with Crippen molar-refractivity contribution in [2.45, 2.75) is 6.92 Å². The van der Waals surface area contributed by atoms with Crippen LogP contribution in [-0.2, 0) is 0 Å². The fourth-order valence-corrected chi connectivity index (χ4v) is 1.72. The molecule has 0 saturated carbocycles. The van der Waals surface area contributed by atoms with E-state index in [1.54, 1.807) is 6.07 Å². The standard InChI is InChI=1S/C11H11N9O/c1-6-2-3-7(20-5-13-18-19-20)4-8(6)14-10(21)9-15-11(12)17-16-9/h2-5H,1H3,(H,14,21)(H3,12,15,16,17). The van der Waals surface area contributed by atoms with Crippen LogP contribution in [0.1, 0.15) is 16.2 Å². The molecule has 0 fully saturated rings. The topological polar surface area (TPSA) is 140 Å². The molecule has 0 aliphatic heterocycles. The number of carbonyl (C=O) groups is 1. The SMILES string of the molecule is Cc1ccc(-n2cnnn2)cc1NC(=O)c1nc(N)n[nH]1. The number of amides is 1. The molecule has 0 saturated heterocycles. The van der Waals surface area contributed by atoms with Gasteiger partial charge in [-0.1, -0.05) is 6.07 Å². The van der Waals surface area contributed by atoms with E-state index in [0.717, 1.165) is 11.3 Å². The summed E-state index contributed by atoms with van der Waals surface area (Å²) >= 11 is 0. The van der Waals surface area contributed by atoms with Gasteiger partial charge in [0.05, 0.1) is 5.69 Å². The molecule has 0 unspecified atom stereocenters. The number of nitrogens with two attached hydrogens (primary N) is 1. The smallest absolute Gasteiger partial charge is 0.293 e. The van der Waals surface area contributed by atoms with Gasteiger partial charge in [-0.2, -0.15) is 4.98 Å². The number of anilines is 2. The van der Waals surface area contributed by atoms with Crippen LogP contribution in [0.5, 0.6) is 0 Å². The lowest BCUT2D eigenvalue weighted by Gasteiger charge is -2.09. The third-order valence-electron chi connectivity index (χ3n) is 2.80. The van der Waals surface area contributed by atoms with Crippen molar-refractivity contribution in [3.63, 3.8) is 0 Å². The molecular formula is C11H11N9O. The highest BCUT2D eigenvalue weighted by atomic mass is 16.2. The van der Waals surface area contributed by atoms with Crippen LogP contribution in [0.25, 0.3) is 5.69 Å². The van der Waals surface area contributed by atoms with Gasteiger partial charge in [0, 0.05) is 5.69 Å². The van der Waals surface area contributed by atoms with Crippen LogP contribution in [0, 0.1) is 6.92 Å². The number of nitrogens with zero attached hydrogens (tertiary/aromatic N) is 6. The fourth-order valence-electron chi connectivity index (χ4n) is 1.72. The zero-order valence-corrected chi connectivity index (χ0v) is 11.0. The molecule has 10 nitrogen and oxygen atoms in total. The van der Waals surface area contributed by atoms with Crippen LogP contribution in [-0.4, -0.2) is 41.3 Å². The Morgan fingerprint density at radius 3 is 2.95 bits per heavy atom. The molecule has 0 aliphatic rings. The highest BCUT2D eigenvalue weighted by molar-refractivity contribution is 6.02. The zero-order chi connectivity index (χ0) is 14.8. The maximum Gasteiger partial charge on any atom is 0.293 e. The van der Waals surface area contributed by atoms with E-state index < -0.39 is 5.91 Å². The number of aromatic amines is 1. The lowest BCUT2D eigenvalue weighted by atomic mass is 10.2. The Morgan fingerprint density at radius 1 is 1.43 bits per heavy atom. The summed E-state index contributed by atoms with van der Waals surface area (Å²) in [7, 11) is 0. The second-order valence-corrected chi connectivity index (χ2v) is 4.25. The summed E-state index contributed by atoms with van der Waals surface area (Å²) in [5.74, 6) is -0.379. The molecule has 1 amide bonds. The highest BCUT2D eigenvalue weighted by Crippen LogP contribution is 2.19. The summed E-state index contributed by atoms with van der Waals surface area (Å²) in [6.07, 6.45) is 1.47. The molecule has 21 heavy (non-hydrogen) atoms. The van der Waals surface area contributed by atoms with Gasteiger partial charge in [0.15, 0.2) is 0 Å². The monoisotopic (exact) mass is 285 g/mol. The molecule has 2 heterocycles. The molecule has 0 atom stereocenters. The Hall–Kier alpha value is -3.30. The Labute approximate surface area is 118 Å². The van der Waals surface area contributed by atoms with Gasteiger partial charge in [0.25, 0.3) is 5.91 Å². The maximum atomic E-state index is 12.0. The van der Waals surface area contributed by atoms with Crippen molar-refractivity contribution < 1.29 is 4.79 Å². The van der Waals surface area contributed by atoms with Gasteiger partial charge in [0.2, 0.25) is 11.8 Å². The highest BCUT2D eigenvalue weighted by Gasteiger charge is 2.13. The average molecular weight is 285 g/mol. The lowest BCUT2D eigenvalue weighted by Crippen LogP contribution is -2.15. The van der Waals surface area contributed by atoms with Crippen LogP contribution in [0.3, 0.4) is 0 Å². The number of hydrogen-bond acceptors (Lipinski definition) is 7. The van der Waals surface area contributed by atoms with E-state index in [1.807, 2.05) is 19.1 Å². The molecule has 0 radical (unpaired) electrons. The number of rotatable bonds is 3. The van der Waals surface area contributed by atoms with Gasteiger partial charge in [-0.3, -0.25) is 9.89 Å². The van der Waals surface area contributed by atoms with Crippen LogP contribution < -0.4 is 11.1 Å². The molecule has 4 N–H and O–H groups in total. The molecule has 0 aliphatic carbocycles. The van der Waals surface area contributed by atoms with Crippen LogP contribution in [0.4, 0.5) is 11.6 Å². The molecule has 0 bridgehead atoms. The van der Waals surface area contributed by atoms with E-state index in [1.165, 1.54) is 11.0 Å². The first-order chi connectivity index (χ1) is 10.1. The second-order valence-electron chi connectivity index (χ2n) is 4.25. The van der Waals surface area contributed by atoms with E-state index in [9.17, 15) is 4.79 Å². The molecule has 3 rings (SSSR count). The minimum absolute atomic E-state index is 0.0133. The van der Waals surface area contributed by atoms with Gasteiger partial charge >= 0.3 is 0 Å². The minimum Gasteiger partial charge on any atom is -0.366 e. The molecule has 106 valence electrons. The number of H-pyrrole nitrogens is 1. The Morgan fingerprint density at radius 2 is 2.29 bits per heavy atom. The summed E-state index contributed by atoms with van der Waals surface area (Å²) < 4.78 is 1.49. The number of nitrogens with one attached hydrogen (secondary N) is 2. The third kappa shape index (κ3) is 2.54. The summed E-state index contributed by atoms with van der Waals surface area (Å²) in [5.41, 5.74) is 7.59. The van der Waals surface area contributed by atoms with Crippen LogP contribution in [0.15, 0.2) is 24.5 Å². The van der Waals surface area contributed by atoms with Crippen LogP contribution >= 0.6 is 0 Å². The number of nitrogen functional groups attached to an aromatic ring is 1. The molecule has 2 aromatic heterocycles. The maximum absolute atomic E-state index is 12.0. The largest absolute Gasteiger partial charge is 0.366 e. The van der Waals surface area contributed by atoms with Gasteiger partial charge < -0.3 is 11.1 Å². The Kier molecular flexibility index (Phi) is 3.03. The zero-order valence-electron chi connectivity index (χ0n) is 11.0. The Balaban J connectivity index is 1.88. The van der Waals surface area contributed by atoms with Crippen molar-refractivity contribution >= 4 is 17.5 Å². The number of tetrazole rings is 1. The predicted molar refractivity (Wildman–Crippen MR) is 72.6 cm³/mol. The van der Waals surface area contributed by atoms with Crippen molar-refractivity contribution in [2.24, 2.45) is 0 Å². The molecule has 10 heteroatoms. The third-order valence-corrected chi connectivity index (χ3v) is 2.80. The normalized spacial score (nSPS) is 10.5. The summed E-state index contributed by atoms with van der Waals surface area (Å²) in [5, 5.41) is 19.7. The van der Waals surface area contributed by atoms with Gasteiger partial charge in [-0.15, -0.1) is 10.2 Å². The lowest BCUT2D eigenvalue weighted by molar-refractivity contribution is 0.101. The Bertz CT molecular complexity index is 777. The summed E-state index contributed by atoms with van der Waals surface area (Å²) in [6.45, 7) is 1.87. The number of benzene rings is 1. The summed E-state index contributed by atoms with van der Waals surface area (Å²) in [6, 6.07) is 5.44. The van der Waals surface area contributed by atoms with Crippen molar-refractivity contribution in [2.75, 3.05) is 11.1 Å². The van der Waals surface area contributed by atoms with Crippen molar-refractivity contribution in [3.05, 3.63) is 35.9 Å². The predicted octanol–water partition coefficient (Wildman–Crippen LogP) is -0.0767. The average Bonchev–Trinajstić information content (AvgIpc) is 3.12. The van der Waals surface area contributed by atoms with E-state index in [-0.39, 0.29) is 11.8 Å². The number of carbonyl (C=O) groups excluding carboxylic acids is 1. The number of aryl methyl sites for hydroxylation is 1. The molecule has 3 aromatic rings. The first-order valence-electron chi connectivity index (χ1n) is 5.97. The molecular weight excluding hydrogens is 274 g/mol. The van der Waals surface area contributed by atoms with E-state index >= 15 is 0 Å². The number of aromatic nitrogens is 7.